The zero-order valence-corrected chi connectivity index (χ0v) is 16.0. The van der Waals surface area contributed by atoms with Crippen LogP contribution in [0, 0.1) is 5.92 Å². The third-order valence-corrected chi connectivity index (χ3v) is 5.09. The van der Waals surface area contributed by atoms with E-state index in [0.717, 1.165) is 30.5 Å². The molecule has 0 radical (unpaired) electrons. The molecule has 0 spiro atoms. The number of nitrogens with one attached hydrogen (secondary N) is 2. The van der Waals surface area contributed by atoms with Crippen molar-refractivity contribution < 1.29 is 19.1 Å². The highest BCUT2D eigenvalue weighted by Crippen LogP contribution is 2.37. The van der Waals surface area contributed by atoms with Crippen LogP contribution in [0.2, 0.25) is 0 Å². The number of amides is 3. The number of hydrogen-bond donors (Lipinski definition) is 2. The molecule has 0 atom stereocenters. The summed E-state index contributed by atoms with van der Waals surface area (Å²) in [5.74, 6) is 1.52. The maximum atomic E-state index is 12.5. The number of fused-ring (bicyclic) bond motifs is 1. The number of carbonyl (C=O) groups is 2. The minimum Gasteiger partial charge on any atom is -0.497 e. The predicted molar refractivity (Wildman–Crippen MR) is 107 cm³/mol. The van der Waals surface area contributed by atoms with E-state index < -0.39 is 0 Å². The standard InChI is InChI=1S/C21H23N3O4/c1-27-16-7-8-17(19(12-16)28-2)23-21(26)22-15-6-5-13-9-10-24(18(13)11-15)20(25)14-3-4-14/h5-8,11-12,14H,3-4,9-10H2,1-2H3,(H2,22,23,26). The van der Waals surface area contributed by atoms with Gasteiger partial charge in [0.15, 0.2) is 0 Å². The van der Waals surface area contributed by atoms with E-state index in [1.54, 1.807) is 25.3 Å². The Morgan fingerprint density at radius 2 is 1.86 bits per heavy atom. The second kappa shape index (κ2) is 7.42. The van der Waals surface area contributed by atoms with Gasteiger partial charge < -0.3 is 25.0 Å². The van der Waals surface area contributed by atoms with Crippen LogP contribution in [0.1, 0.15) is 18.4 Å². The smallest absolute Gasteiger partial charge is 0.323 e. The molecule has 146 valence electrons. The molecule has 0 saturated heterocycles. The lowest BCUT2D eigenvalue weighted by Gasteiger charge is -2.18. The van der Waals surface area contributed by atoms with Crippen molar-refractivity contribution in [3.8, 4) is 11.5 Å². The Morgan fingerprint density at radius 3 is 2.57 bits per heavy atom. The van der Waals surface area contributed by atoms with Crippen molar-refractivity contribution in [3.63, 3.8) is 0 Å². The quantitative estimate of drug-likeness (QED) is 0.829. The predicted octanol–water partition coefficient (Wildman–Crippen LogP) is 3.65. The Balaban J connectivity index is 1.47. The van der Waals surface area contributed by atoms with Crippen LogP contribution in [0.5, 0.6) is 11.5 Å². The topological polar surface area (TPSA) is 79.9 Å². The van der Waals surface area contributed by atoms with E-state index in [2.05, 4.69) is 10.6 Å². The van der Waals surface area contributed by atoms with E-state index in [9.17, 15) is 9.59 Å². The molecule has 0 unspecified atom stereocenters. The monoisotopic (exact) mass is 381 g/mol. The van der Waals surface area contributed by atoms with Crippen LogP contribution in [0.25, 0.3) is 0 Å². The lowest BCUT2D eigenvalue weighted by Crippen LogP contribution is -2.30. The van der Waals surface area contributed by atoms with Gasteiger partial charge in [-0.1, -0.05) is 6.07 Å². The van der Waals surface area contributed by atoms with Gasteiger partial charge in [-0.15, -0.1) is 0 Å². The van der Waals surface area contributed by atoms with Crippen LogP contribution in [-0.2, 0) is 11.2 Å². The second-order valence-corrected chi connectivity index (χ2v) is 7.00. The summed E-state index contributed by atoms with van der Waals surface area (Å²) in [7, 11) is 3.10. The van der Waals surface area contributed by atoms with E-state index >= 15 is 0 Å². The highest BCUT2D eigenvalue weighted by atomic mass is 16.5. The van der Waals surface area contributed by atoms with Gasteiger partial charge in [0, 0.05) is 29.9 Å². The molecule has 28 heavy (non-hydrogen) atoms. The number of anilines is 3. The fourth-order valence-corrected chi connectivity index (χ4v) is 3.42. The molecule has 2 aromatic carbocycles. The number of urea groups is 1. The largest absolute Gasteiger partial charge is 0.497 e. The summed E-state index contributed by atoms with van der Waals surface area (Å²) < 4.78 is 10.5. The van der Waals surface area contributed by atoms with Gasteiger partial charge in [-0.05, 0) is 49.1 Å². The van der Waals surface area contributed by atoms with Gasteiger partial charge in [0.05, 0.1) is 19.9 Å². The number of rotatable bonds is 5. The Kier molecular flexibility index (Phi) is 4.81. The third kappa shape index (κ3) is 3.60. The van der Waals surface area contributed by atoms with Gasteiger partial charge in [0.2, 0.25) is 5.91 Å². The van der Waals surface area contributed by atoms with Crippen LogP contribution in [-0.4, -0.2) is 32.7 Å². The Morgan fingerprint density at radius 1 is 1.04 bits per heavy atom. The van der Waals surface area contributed by atoms with Crippen molar-refractivity contribution in [1.29, 1.82) is 0 Å². The summed E-state index contributed by atoms with van der Waals surface area (Å²) in [6.45, 7) is 0.712. The molecule has 1 aliphatic heterocycles. The molecule has 1 heterocycles. The molecular weight excluding hydrogens is 358 g/mol. The Labute approximate surface area is 163 Å². The minimum absolute atomic E-state index is 0.174. The Bertz CT molecular complexity index is 924. The molecule has 7 heteroatoms. The average Bonchev–Trinajstić information content (AvgIpc) is 3.47. The van der Waals surface area contributed by atoms with E-state index in [1.807, 2.05) is 23.1 Å². The maximum absolute atomic E-state index is 12.5. The molecule has 0 aromatic heterocycles. The summed E-state index contributed by atoms with van der Waals surface area (Å²) in [4.78, 5) is 26.8. The first-order chi connectivity index (χ1) is 13.6. The highest BCUT2D eigenvalue weighted by Gasteiger charge is 2.36. The first-order valence-corrected chi connectivity index (χ1v) is 9.33. The molecule has 3 amide bonds. The van der Waals surface area contributed by atoms with E-state index in [0.29, 0.717) is 29.4 Å². The van der Waals surface area contributed by atoms with E-state index in [-0.39, 0.29) is 17.9 Å². The second-order valence-electron chi connectivity index (χ2n) is 7.00. The molecule has 2 aliphatic rings. The fraction of sp³-hybridized carbons (Fsp3) is 0.333. The molecule has 4 rings (SSSR count). The number of carbonyl (C=O) groups excluding carboxylic acids is 2. The molecule has 2 N–H and O–H groups in total. The van der Waals surface area contributed by atoms with E-state index in [1.165, 1.54) is 7.11 Å². The summed E-state index contributed by atoms with van der Waals surface area (Å²) >= 11 is 0. The van der Waals surface area contributed by atoms with Gasteiger partial charge in [0.25, 0.3) is 0 Å². The average molecular weight is 381 g/mol. The minimum atomic E-state index is -0.388. The van der Waals surface area contributed by atoms with Crippen molar-refractivity contribution in [2.24, 2.45) is 5.92 Å². The van der Waals surface area contributed by atoms with Crippen molar-refractivity contribution in [2.45, 2.75) is 19.3 Å². The summed E-state index contributed by atoms with van der Waals surface area (Å²) in [6, 6.07) is 10.5. The zero-order valence-electron chi connectivity index (χ0n) is 16.0. The highest BCUT2D eigenvalue weighted by molar-refractivity contribution is 6.02. The Hall–Kier alpha value is -3.22. The van der Waals surface area contributed by atoms with Gasteiger partial charge >= 0.3 is 6.03 Å². The van der Waals surface area contributed by atoms with Crippen LogP contribution < -0.4 is 25.0 Å². The number of hydrogen-bond acceptors (Lipinski definition) is 4. The molecule has 0 bridgehead atoms. The maximum Gasteiger partial charge on any atom is 0.323 e. The lowest BCUT2D eigenvalue weighted by molar-refractivity contribution is -0.119. The van der Waals surface area contributed by atoms with Gasteiger partial charge in [-0.3, -0.25) is 4.79 Å². The van der Waals surface area contributed by atoms with Gasteiger partial charge in [0.1, 0.15) is 11.5 Å². The third-order valence-electron chi connectivity index (χ3n) is 5.09. The molecule has 1 fully saturated rings. The molecule has 1 aliphatic carbocycles. The number of ether oxygens (including phenoxy) is 2. The summed E-state index contributed by atoms with van der Waals surface area (Å²) in [5, 5.41) is 5.61. The normalized spacial score (nSPS) is 15.0. The van der Waals surface area contributed by atoms with Crippen LogP contribution in [0.3, 0.4) is 0 Å². The molecule has 1 saturated carbocycles. The number of methoxy groups -OCH3 is 2. The lowest BCUT2D eigenvalue weighted by atomic mass is 10.1. The summed E-state index contributed by atoms with van der Waals surface area (Å²) in [6.07, 6.45) is 2.81. The summed E-state index contributed by atoms with van der Waals surface area (Å²) in [5.41, 5.74) is 3.21. The fourth-order valence-electron chi connectivity index (χ4n) is 3.42. The number of benzene rings is 2. The van der Waals surface area contributed by atoms with Crippen molar-refractivity contribution >= 4 is 29.0 Å². The number of nitrogens with zero attached hydrogens (tertiary/aromatic N) is 1. The first-order valence-electron chi connectivity index (χ1n) is 9.33. The van der Waals surface area contributed by atoms with Crippen LogP contribution in [0.4, 0.5) is 21.9 Å². The van der Waals surface area contributed by atoms with Gasteiger partial charge in [-0.25, -0.2) is 4.79 Å². The van der Waals surface area contributed by atoms with Gasteiger partial charge in [-0.2, -0.15) is 0 Å². The van der Waals surface area contributed by atoms with Crippen LogP contribution in [0.15, 0.2) is 36.4 Å². The first kappa shape index (κ1) is 18.2. The molecule has 2 aromatic rings. The van der Waals surface area contributed by atoms with Crippen molar-refractivity contribution in [3.05, 3.63) is 42.0 Å². The SMILES string of the molecule is COc1ccc(NC(=O)Nc2ccc3c(c2)N(C(=O)C2CC2)CC3)c(OC)c1. The van der Waals surface area contributed by atoms with Crippen molar-refractivity contribution in [2.75, 3.05) is 36.3 Å². The van der Waals surface area contributed by atoms with Crippen LogP contribution >= 0.6 is 0 Å². The zero-order chi connectivity index (χ0) is 19.7. The van der Waals surface area contributed by atoms with E-state index in [4.69, 9.17) is 9.47 Å². The molecule has 7 nitrogen and oxygen atoms in total. The van der Waals surface area contributed by atoms with Crippen molar-refractivity contribution in [1.82, 2.24) is 0 Å². The molecular formula is C21H23N3O4.